The van der Waals surface area contributed by atoms with Crippen molar-refractivity contribution in [3.8, 4) is 0 Å². The van der Waals surface area contributed by atoms with Gasteiger partial charge in [-0.2, -0.15) is 5.48 Å². The number of hydrogen-bond donors (Lipinski definition) is 1. The Labute approximate surface area is 135 Å². The lowest BCUT2D eigenvalue weighted by Crippen LogP contribution is -2.42. The first-order valence-electron chi connectivity index (χ1n) is 7.45. The molecule has 1 heterocycles. The van der Waals surface area contributed by atoms with E-state index in [2.05, 4.69) is 5.48 Å². The highest BCUT2D eigenvalue weighted by Gasteiger charge is 2.29. The van der Waals surface area contributed by atoms with Crippen molar-refractivity contribution in [2.45, 2.75) is 58.7 Å². The standard InChI is InChI=1S/C15H25NO7/c1-14(2,3)22-13(19)16-23-15(4,5)9-21-12(18)7-10-6-11(17)20-8-10/h10H,6-9H2,1-5H3,(H,16,19)/t10-/m0/s1. The maximum absolute atomic E-state index is 11.7. The Balaban J connectivity index is 2.27. The van der Waals surface area contributed by atoms with Crippen LogP contribution in [0.1, 0.15) is 47.5 Å². The molecule has 1 saturated heterocycles. The fourth-order valence-corrected chi connectivity index (χ4v) is 1.75. The van der Waals surface area contributed by atoms with E-state index in [9.17, 15) is 14.4 Å². The van der Waals surface area contributed by atoms with Gasteiger partial charge in [-0.1, -0.05) is 0 Å². The Morgan fingerprint density at radius 3 is 2.43 bits per heavy atom. The SMILES string of the molecule is CC(C)(C)OC(=O)NOC(C)(C)COC(=O)C[C@H]1COC(=O)C1. The first-order chi connectivity index (χ1) is 10.5. The van der Waals surface area contributed by atoms with E-state index in [0.29, 0.717) is 0 Å². The van der Waals surface area contributed by atoms with Gasteiger partial charge in [0, 0.05) is 5.92 Å². The van der Waals surface area contributed by atoms with E-state index in [0.717, 1.165) is 0 Å². The number of ether oxygens (including phenoxy) is 3. The van der Waals surface area contributed by atoms with Crippen LogP contribution in [0.3, 0.4) is 0 Å². The summed E-state index contributed by atoms with van der Waals surface area (Å²) in [4.78, 5) is 39.4. The van der Waals surface area contributed by atoms with Gasteiger partial charge >= 0.3 is 18.0 Å². The van der Waals surface area contributed by atoms with E-state index >= 15 is 0 Å². The number of carbonyl (C=O) groups is 3. The number of carbonyl (C=O) groups excluding carboxylic acids is 3. The third kappa shape index (κ3) is 8.39. The van der Waals surface area contributed by atoms with Crippen LogP contribution >= 0.6 is 0 Å². The normalized spacial score (nSPS) is 18.3. The predicted molar refractivity (Wildman–Crippen MR) is 79.2 cm³/mol. The van der Waals surface area contributed by atoms with Gasteiger partial charge in [-0.25, -0.2) is 4.79 Å². The molecule has 0 aromatic carbocycles. The molecule has 0 radical (unpaired) electrons. The van der Waals surface area contributed by atoms with E-state index in [-0.39, 0.29) is 37.9 Å². The summed E-state index contributed by atoms with van der Waals surface area (Å²) in [5, 5.41) is 0. The monoisotopic (exact) mass is 331 g/mol. The summed E-state index contributed by atoms with van der Waals surface area (Å²) in [6.45, 7) is 8.70. The molecule has 1 amide bonds. The Bertz CT molecular complexity index is 453. The molecular weight excluding hydrogens is 306 g/mol. The number of nitrogens with one attached hydrogen (secondary N) is 1. The average molecular weight is 331 g/mol. The second-order valence-corrected chi connectivity index (χ2v) is 7.08. The molecule has 23 heavy (non-hydrogen) atoms. The lowest BCUT2D eigenvalue weighted by molar-refractivity contribution is -0.160. The molecule has 0 aromatic rings. The highest BCUT2D eigenvalue weighted by Crippen LogP contribution is 2.19. The fraction of sp³-hybridized carbons (Fsp3) is 0.800. The molecule has 8 nitrogen and oxygen atoms in total. The van der Waals surface area contributed by atoms with Gasteiger partial charge in [0.1, 0.15) is 17.8 Å². The molecule has 0 spiro atoms. The van der Waals surface area contributed by atoms with Gasteiger partial charge in [-0.15, -0.1) is 0 Å². The second kappa shape index (κ2) is 7.63. The molecule has 1 atom stereocenters. The first-order valence-corrected chi connectivity index (χ1v) is 7.45. The van der Waals surface area contributed by atoms with Crippen molar-refractivity contribution in [3.63, 3.8) is 0 Å². The molecule has 8 heteroatoms. The van der Waals surface area contributed by atoms with Gasteiger partial charge in [-0.3, -0.25) is 14.4 Å². The predicted octanol–water partition coefficient (Wildman–Crippen LogP) is 1.72. The second-order valence-electron chi connectivity index (χ2n) is 7.08. The van der Waals surface area contributed by atoms with Crippen molar-refractivity contribution in [2.75, 3.05) is 13.2 Å². The Hall–Kier alpha value is -1.83. The third-order valence-corrected chi connectivity index (χ3v) is 2.78. The van der Waals surface area contributed by atoms with Crippen LogP contribution in [0.2, 0.25) is 0 Å². The Morgan fingerprint density at radius 2 is 1.91 bits per heavy atom. The van der Waals surface area contributed by atoms with Crippen molar-refractivity contribution >= 4 is 18.0 Å². The quantitative estimate of drug-likeness (QED) is 0.449. The van der Waals surface area contributed by atoms with E-state index in [1.54, 1.807) is 34.6 Å². The minimum atomic E-state index is -0.922. The molecular formula is C15H25NO7. The summed E-state index contributed by atoms with van der Waals surface area (Å²) in [6.07, 6.45) is -0.380. The molecule has 0 bridgehead atoms. The van der Waals surface area contributed by atoms with E-state index in [1.165, 1.54) is 0 Å². The van der Waals surface area contributed by atoms with Crippen LogP contribution in [-0.4, -0.2) is 42.4 Å². The van der Waals surface area contributed by atoms with Crippen molar-refractivity contribution in [1.82, 2.24) is 5.48 Å². The van der Waals surface area contributed by atoms with Crippen molar-refractivity contribution in [3.05, 3.63) is 0 Å². The van der Waals surface area contributed by atoms with Crippen molar-refractivity contribution < 1.29 is 33.4 Å². The van der Waals surface area contributed by atoms with Crippen molar-refractivity contribution in [1.29, 1.82) is 0 Å². The molecule has 0 saturated carbocycles. The number of esters is 2. The molecule has 1 aliphatic rings. The van der Waals surface area contributed by atoms with Crippen LogP contribution in [0.4, 0.5) is 4.79 Å². The molecule has 0 aromatic heterocycles. The molecule has 0 unspecified atom stereocenters. The highest BCUT2D eigenvalue weighted by molar-refractivity contribution is 5.75. The summed E-state index contributed by atoms with van der Waals surface area (Å²) >= 11 is 0. The van der Waals surface area contributed by atoms with Crippen LogP contribution in [0, 0.1) is 5.92 Å². The molecule has 1 rings (SSSR count). The minimum Gasteiger partial charge on any atom is -0.465 e. The highest BCUT2D eigenvalue weighted by atomic mass is 16.7. The van der Waals surface area contributed by atoms with Gasteiger partial charge in [0.15, 0.2) is 0 Å². The summed E-state index contributed by atoms with van der Waals surface area (Å²) < 4.78 is 14.9. The Morgan fingerprint density at radius 1 is 1.26 bits per heavy atom. The molecule has 1 fully saturated rings. The smallest absolute Gasteiger partial charge is 0.431 e. The summed E-state index contributed by atoms with van der Waals surface area (Å²) in [6, 6.07) is 0. The van der Waals surface area contributed by atoms with E-state index in [4.69, 9.17) is 19.0 Å². The van der Waals surface area contributed by atoms with Crippen LogP contribution in [0.15, 0.2) is 0 Å². The molecule has 1 N–H and O–H groups in total. The minimum absolute atomic E-state index is 0.0524. The number of hydrogen-bond acceptors (Lipinski definition) is 7. The van der Waals surface area contributed by atoms with Gasteiger partial charge < -0.3 is 14.2 Å². The number of rotatable bonds is 6. The van der Waals surface area contributed by atoms with Crippen LogP contribution in [0.5, 0.6) is 0 Å². The molecule has 1 aliphatic heterocycles. The van der Waals surface area contributed by atoms with E-state index < -0.39 is 23.3 Å². The summed E-state index contributed by atoms with van der Waals surface area (Å²) in [5.41, 5.74) is 0.609. The van der Waals surface area contributed by atoms with Gasteiger partial charge in [0.25, 0.3) is 0 Å². The van der Waals surface area contributed by atoms with Gasteiger partial charge in [-0.05, 0) is 34.6 Å². The zero-order chi connectivity index (χ0) is 17.7. The molecule has 0 aliphatic carbocycles. The topological polar surface area (TPSA) is 100 Å². The number of amides is 1. The number of cyclic esters (lactones) is 1. The summed E-state index contributed by atoms with van der Waals surface area (Å²) in [7, 11) is 0. The Kier molecular flexibility index (Phi) is 6.37. The van der Waals surface area contributed by atoms with E-state index in [1.807, 2.05) is 0 Å². The zero-order valence-electron chi connectivity index (χ0n) is 14.3. The lowest BCUT2D eigenvalue weighted by atomic mass is 10.1. The fourth-order valence-electron chi connectivity index (χ4n) is 1.75. The van der Waals surface area contributed by atoms with Crippen LogP contribution in [-0.2, 0) is 28.6 Å². The molecule has 132 valence electrons. The maximum Gasteiger partial charge on any atom is 0.431 e. The van der Waals surface area contributed by atoms with Crippen molar-refractivity contribution in [2.24, 2.45) is 5.92 Å². The largest absolute Gasteiger partial charge is 0.465 e. The average Bonchev–Trinajstić information content (AvgIpc) is 2.78. The first kappa shape index (κ1) is 19.2. The zero-order valence-corrected chi connectivity index (χ0v) is 14.3. The number of hydroxylamine groups is 1. The lowest BCUT2D eigenvalue weighted by Gasteiger charge is -2.26. The summed E-state index contributed by atoms with van der Waals surface area (Å²) in [5.74, 6) is -0.880. The van der Waals surface area contributed by atoms with Gasteiger partial charge in [0.2, 0.25) is 0 Å². The third-order valence-electron chi connectivity index (χ3n) is 2.78. The maximum atomic E-state index is 11.7. The van der Waals surface area contributed by atoms with Crippen LogP contribution < -0.4 is 5.48 Å². The van der Waals surface area contributed by atoms with Crippen LogP contribution in [0.25, 0.3) is 0 Å². The van der Waals surface area contributed by atoms with Gasteiger partial charge in [0.05, 0.1) is 19.4 Å².